The van der Waals surface area contributed by atoms with Crippen LogP contribution in [0.15, 0.2) is 18.2 Å². The zero-order valence-corrected chi connectivity index (χ0v) is 12.3. The molecule has 1 aromatic heterocycles. The van der Waals surface area contributed by atoms with Gasteiger partial charge in [-0.15, -0.1) is 0 Å². The monoisotopic (exact) mass is 271 g/mol. The Kier molecular flexibility index (Phi) is 3.16. The summed E-state index contributed by atoms with van der Waals surface area (Å²) >= 11 is 0. The minimum Gasteiger partial charge on any atom is -0.496 e. The number of rotatable bonds is 2. The number of aromatic nitrogens is 2. The van der Waals surface area contributed by atoms with Crippen molar-refractivity contribution >= 4 is 5.82 Å². The Balaban J connectivity index is 2.09. The first-order valence-corrected chi connectivity index (χ1v) is 7.13. The largest absolute Gasteiger partial charge is 0.496 e. The summed E-state index contributed by atoms with van der Waals surface area (Å²) < 4.78 is 7.50. The lowest BCUT2D eigenvalue weighted by atomic mass is 10.1. The third-order valence-electron chi connectivity index (χ3n) is 4.15. The number of anilines is 1. The number of aryl methyl sites for hydroxylation is 2. The van der Waals surface area contributed by atoms with Crippen molar-refractivity contribution in [2.75, 3.05) is 12.8 Å². The first kappa shape index (κ1) is 13.0. The second-order valence-electron chi connectivity index (χ2n) is 5.56. The Morgan fingerprint density at radius 2 is 2.20 bits per heavy atom. The average molecular weight is 271 g/mol. The van der Waals surface area contributed by atoms with Crippen LogP contribution >= 0.6 is 0 Å². The second-order valence-corrected chi connectivity index (χ2v) is 5.56. The van der Waals surface area contributed by atoms with Gasteiger partial charge in [0.1, 0.15) is 23.1 Å². The molecule has 3 rings (SSSR count). The first-order valence-electron chi connectivity index (χ1n) is 7.13. The molecule has 106 valence electrons. The molecular weight excluding hydrogens is 250 g/mol. The summed E-state index contributed by atoms with van der Waals surface area (Å²) in [7, 11) is 1.69. The van der Waals surface area contributed by atoms with Gasteiger partial charge in [0.25, 0.3) is 0 Å². The van der Waals surface area contributed by atoms with Crippen LogP contribution in [-0.4, -0.2) is 16.7 Å². The predicted molar refractivity (Wildman–Crippen MR) is 81.0 cm³/mol. The standard InChI is InChI=1S/C16H21N3O/c1-10-9-12(7-8-13(10)20-3)15-16(17)19-11(2)5-4-6-14(19)18-15/h7-9,11H,4-6,17H2,1-3H3. The summed E-state index contributed by atoms with van der Waals surface area (Å²) in [5, 5.41) is 0. The van der Waals surface area contributed by atoms with Crippen LogP contribution in [0.4, 0.5) is 5.82 Å². The molecule has 1 aliphatic rings. The van der Waals surface area contributed by atoms with Crippen LogP contribution in [-0.2, 0) is 6.42 Å². The van der Waals surface area contributed by atoms with Gasteiger partial charge in [0, 0.05) is 18.0 Å². The normalized spacial score (nSPS) is 17.9. The number of methoxy groups -OCH3 is 1. The molecule has 0 bridgehead atoms. The Morgan fingerprint density at radius 1 is 1.40 bits per heavy atom. The molecule has 2 N–H and O–H groups in total. The van der Waals surface area contributed by atoms with Crippen molar-refractivity contribution < 1.29 is 4.74 Å². The molecule has 0 amide bonds. The van der Waals surface area contributed by atoms with Crippen LogP contribution in [0.1, 0.15) is 37.2 Å². The highest BCUT2D eigenvalue weighted by molar-refractivity contribution is 5.72. The SMILES string of the molecule is COc1ccc(-c2nc3n(c2N)C(C)CCC3)cc1C. The lowest BCUT2D eigenvalue weighted by Crippen LogP contribution is -2.16. The maximum absolute atomic E-state index is 6.34. The number of imidazole rings is 1. The molecule has 20 heavy (non-hydrogen) atoms. The fourth-order valence-corrected chi connectivity index (χ4v) is 3.08. The molecule has 1 aromatic carbocycles. The van der Waals surface area contributed by atoms with Crippen molar-refractivity contribution in [3.63, 3.8) is 0 Å². The first-order chi connectivity index (χ1) is 9.61. The Hall–Kier alpha value is -1.97. The van der Waals surface area contributed by atoms with Gasteiger partial charge < -0.3 is 15.0 Å². The van der Waals surface area contributed by atoms with E-state index in [1.54, 1.807) is 7.11 Å². The Bertz CT molecular complexity index is 645. The molecule has 1 aliphatic heterocycles. The van der Waals surface area contributed by atoms with Gasteiger partial charge in [-0.25, -0.2) is 4.98 Å². The minimum atomic E-state index is 0.444. The highest BCUT2D eigenvalue weighted by atomic mass is 16.5. The van der Waals surface area contributed by atoms with Crippen LogP contribution in [0.2, 0.25) is 0 Å². The molecule has 0 spiro atoms. The van der Waals surface area contributed by atoms with E-state index in [0.717, 1.165) is 40.6 Å². The number of nitrogens with zero attached hydrogens (tertiary/aromatic N) is 2. The zero-order chi connectivity index (χ0) is 14.3. The Labute approximate surface area is 119 Å². The second kappa shape index (κ2) is 4.85. The number of nitrogen functional groups attached to an aromatic ring is 1. The summed E-state index contributed by atoms with van der Waals surface area (Å²) in [6.07, 6.45) is 3.39. The molecule has 4 heteroatoms. The van der Waals surface area contributed by atoms with E-state index in [4.69, 9.17) is 15.5 Å². The van der Waals surface area contributed by atoms with E-state index in [-0.39, 0.29) is 0 Å². The average Bonchev–Trinajstić information content (AvgIpc) is 2.77. The quantitative estimate of drug-likeness (QED) is 0.911. The third-order valence-corrected chi connectivity index (χ3v) is 4.15. The Morgan fingerprint density at radius 3 is 2.85 bits per heavy atom. The summed E-state index contributed by atoms with van der Waals surface area (Å²) in [6.45, 7) is 4.25. The minimum absolute atomic E-state index is 0.444. The summed E-state index contributed by atoms with van der Waals surface area (Å²) in [6, 6.07) is 6.54. The molecule has 0 aliphatic carbocycles. The molecule has 0 radical (unpaired) electrons. The van der Waals surface area contributed by atoms with E-state index in [1.165, 1.54) is 12.8 Å². The maximum atomic E-state index is 6.34. The van der Waals surface area contributed by atoms with Crippen LogP contribution in [0.25, 0.3) is 11.3 Å². The van der Waals surface area contributed by atoms with E-state index in [0.29, 0.717) is 6.04 Å². The lowest BCUT2D eigenvalue weighted by molar-refractivity contribution is 0.412. The van der Waals surface area contributed by atoms with Gasteiger partial charge >= 0.3 is 0 Å². The lowest BCUT2D eigenvalue weighted by Gasteiger charge is -2.22. The van der Waals surface area contributed by atoms with Gasteiger partial charge in [0.2, 0.25) is 0 Å². The number of hydrogen-bond donors (Lipinski definition) is 1. The van der Waals surface area contributed by atoms with Crippen molar-refractivity contribution in [1.82, 2.24) is 9.55 Å². The molecule has 0 fully saturated rings. The molecule has 2 aromatic rings. The van der Waals surface area contributed by atoms with Crippen molar-refractivity contribution in [2.24, 2.45) is 0 Å². The van der Waals surface area contributed by atoms with Crippen LogP contribution in [0.3, 0.4) is 0 Å². The van der Waals surface area contributed by atoms with Gasteiger partial charge in [-0.1, -0.05) is 0 Å². The van der Waals surface area contributed by atoms with Gasteiger partial charge in [0.05, 0.1) is 7.11 Å². The predicted octanol–water partition coefficient (Wildman–Crippen LogP) is 3.35. The van der Waals surface area contributed by atoms with E-state index in [1.807, 2.05) is 19.1 Å². The number of hydrogen-bond acceptors (Lipinski definition) is 3. The molecule has 1 atom stereocenters. The number of ether oxygens (including phenoxy) is 1. The van der Waals surface area contributed by atoms with E-state index >= 15 is 0 Å². The van der Waals surface area contributed by atoms with Crippen LogP contribution in [0.5, 0.6) is 5.75 Å². The smallest absolute Gasteiger partial charge is 0.131 e. The van der Waals surface area contributed by atoms with Crippen LogP contribution in [0, 0.1) is 6.92 Å². The summed E-state index contributed by atoms with van der Waals surface area (Å²) in [4.78, 5) is 4.76. The molecule has 0 saturated heterocycles. The zero-order valence-electron chi connectivity index (χ0n) is 12.3. The van der Waals surface area contributed by atoms with Crippen molar-refractivity contribution in [3.05, 3.63) is 29.6 Å². The van der Waals surface area contributed by atoms with Gasteiger partial charge in [-0.05, 0) is 50.5 Å². The third kappa shape index (κ3) is 1.96. The summed E-state index contributed by atoms with van der Waals surface area (Å²) in [5.41, 5.74) is 9.40. The molecule has 1 unspecified atom stereocenters. The highest BCUT2D eigenvalue weighted by Gasteiger charge is 2.23. The number of fused-ring (bicyclic) bond motifs is 1. The van der Waals surface area contributed by atoms with Crippen molar-refractivity contribution in [3.8, 4) is 17.0 Å². The van der Waals surface area contributed by atoms with Crippen molar-refractivity contribution in [2.45, 2.75) is 39.2 Å². The van der Waals surface area contributed by atoms with E-state index in [2.05, 4.69) is 17.6 Å². The van der Waals surface area contributed by atoms with E-state index < -0.39 is 0 Å². The number of benzene rings is 1. The molecule has 0 saturated carbocycles. The fraction of sp³-hybridized carbons (Fsp3) is 0.438. The van der Waals surface area contributed by atoms with Gasteiger partial charge in [-0.3, -0.25) is 0 Å². The van der Waals surface area contributed by atoms with E-state index in [9.17, 15) is 0 Å². The van der Waals surface area contributed by atoms with Crippen molar-refractivity contribution in [1.29, 1.82) is 0 Å². The molecule has 2 heterocycles. The topological polar surface area (TPSA) is 53.1 Å². The fourth-order valence-electron chi connectivity index (χ4n) is 3.08. The van der Waals surface area contributed by atoms with Crippen LogP contribution < -0.4 is 10.5 Å². The molecule has 4 nitrogen and oxygen atoms in total. The molecular formula is C16H21N3O. The van der Waals surface area contributed by atoms with Gasteiger partial charge in [0.15, 0.2) is 0 Å². The number of nitrogens with two attached hydrogens (primary N) is 1. The summed E-state index contributed by atoms with van der Waals surface area (Å²) in [5.74, 6) is 2.80. The maximum Gasteiger partial charge on any atom is 0.131 e. The van der Waals surface area contributed by atoms with Gasteiger partial charge in [-0.2, -0.15) is 0 Å². The highest BCUT2D eigenvalue weighted by Crippen LogP contribution is 2.35.